The van der Waals surface area contributed by atoms with Gasteiger partial charge in [-0.25, -0.2) is 13.9 Å². The van der Waals surface area contributed by atoms with E-state index in [9.17, 15) is 14.0 Å². The number of ether oxygens (including phenoxy) is 1. The van der Waals surface area contributed by atoms with E-state index in [1.165, 1.54) is 17.9 Å². The van der Waals surface area contributed by atoms with E-state index in [0.29, 0.717) is 30.2 Å². The average molecular weight is 432 g/mol. The molecule has 2 N–H and O–H groups in total. The lowest BCUT2D eigenvalue weighted by atomic mass is 10.0. The fourth-order valence-corrected chi connectivity index (χ4v) is 3.95. The molecule has 2 amide bonds. The fraction of sp³-hybridized carbons (Fsp3) is 0.500. The average Bonchev–Trinajstić information content (AvgIpc) is 3.39. The molecule has 2 aliphatic heterocycles. The standard InChI is InChI=1S/C20H25FN6O4/c1-13(29)22-9-17-11-26(20(30)31-17)16-2-3-19(18(21)8-16)25-6-4-15(5-7-25)27-10-14(12-28)23-24-27/h2-3,8,10,15,17,28H,4-7,9,11-12H2,1H3,(H,22,29). The van der Waals surface area contributed by atoms with Crippen molar-refractivity contribution in [2.24, 2.45) is 0 Å². The van der Waals surface area contributed by atoms with Crippen LogP contribution in [-0.4, -0.2) is 64.4 Å². The van der Waals surface area contributed by atoms with Gasteiger partial charge in [0.15, 0.2) is 0 Å². The Kier molecular flexibility index (Phi) is 6.03. The quantitative estimate of drug-likeness (QED) is 0.706. The third-order valence-corrected chi connectivity index (χ3v) is 5.59. The molecule has 2 saturated heterocycles. The minimum atomic E-state index is -0.557. The number of hydrogen-bond donors (Lipinski definition) is 2. The zero-order chi connectivity index (χ0) is 22.0. The second-order valence-corrected chi connectivity index (χ2v) is 7.76. The summed E-state index contributed by atoms with van der Waals surface area (Å²) in [5.74, 6) is -0.608. The molecule has 2 aromatic rings. The molecule has 31 heavy (non-hydrogen) atoms. The molecule has 1 aromatic carbocycles. The van der Waals surface area contributed by atoms with Gasteiger partial charge >= 0.3 is 6.09 Å². The third-order valence-electron chi connectivity index (χ3n) is 5.59. The molecule has 1 atom stereocenters. The number of anilines is 2. The lowest BCUT2D eigenvalue weighted by molar-refractivity contribution is -0.119. The van der Waals surface area contributed by atoms with Crippen molar-refractivity contribution in [1.82, 2.24) is 20.3 Å². The van der Waals surface area contributed by atoms with E-state index in [-0.39, 0.29) is 31.6 Å². The number of aliphatic hydroxyl groups excluding tert-OH is 1. The largest absolute Gasteiger partial charge is 0.442 e. The van der Waals surface area contributed by atoms with E-state index in [1.54, 1.807) is 23.0 Å². The number of benzene rings is 1. The number of hydrogen-bond acceptors (Lipinski definition) is 7. The molecule has 166 valence electrons. The molecule has 0 spiro atoms. The van der Waals surface area contributed by atoms with Gasteiger partial charge in [-0.05, 0) is 31.0 Å². The molecular weight excluding hydrogens is 407 g/mol. The zero-order valence-corrected chi connectivity index (χ0v) is 17.2. The predicted octanol–water partition coefficient (Wildman–Crippen LogP) is 1.21. The first-order valence-corrected chi connectivity index (χ1v) is 10.2. The van der Waals surface area contributed by atoms with E-state index in [0.717, 1.165) is 12.8 Å². The maximum atomic E-state index is 14.9. The summed E-state index contributed by atoms with van der Waals surface area (Å²) in [7, 11) is 0. The summed E-state index contributed by atoms with van der Waals surface area (Å²) < 4.78 is 21.9. The minimum absolute atomic E-state index is 0.144. The van der Waals surface area contributed by atoms with Crippen LogP contribution in [0.1, 0.15) is 31.5 Å². The van der Waals surface area contributed by atoms with Crippen LogP contribution in [0.25, 0.3) is 0 Å². The number of amides is 2. The Hall–Kier alpha value is -3.21. The SMILES string of the molecule is CC(=O)NCC1CN(c2ccc(N3CCC(n4cc(CO)nn4)CC3)c(F)c2)C(=O)O1. The van der Waals surface area contributed by atoms with Gasteiger partial charge in [0.2, 0.25) is 5.91 Å². The van der Waals surface area contributed by atoms with Crippen LogP contribution in [0.5, 0.6) is 0 Å². The van der Waals surface area contributed by atoms with Gasteiger partial charge in [-0.3, -0.25) is 9.69 Å². The van der Waals surface area contributed by atoms with Crippen LogP contribution in [-0.2, 0) is 16.1 Å². The summed E-state index contributed by atoms with van der Waals surface area (Å²) in [5, 5.41) is 19.7. The van der Waals surface area contributed by atoms with Crippen molar-refractivity contribution < 1.29 is 23.8 Å². The summed E-state index contributed by atoms with van der Waals surface area (Å²) >= 11 is 0. The Bertz CT molecular complexity index is 959. The minimum Gasteiger partial charge on any atom is -0.442 e. The molecule has 1 unspecified atom stereocenters. The highest BCUT2D eigenvalue weighted by Gasteiger charge is 2.33. The lowest BCUT2D eigenvalue weighted by Crippen LogP contribution is -2.35. The Morgan fingerprint density at radius 3 is 2.77 bits per heavy atom. The summed E-state index contributed by atoms with van der Waals surface area (Å²) in [6.07, 6.45) is 2.27. The van der Waals surface area contributed by atoms with Gasteiger partial charge in [0, 0.05) is 20.0 Å². The van der Waals surface area contributed by atoms with Gasteiger partial charge in [0.25, 0.3) is 0 Å². The van der Waals surface area contributed by atoms with Gasteiger partial charge in [0.05, 0.1) is 43.3 Å². The Morgan fingerprint density at radius 1 is 1.35 bits per heavy atom. The number of aliphatic hydroxyl groups is 1. The van der Waals surface area contributed by atoms with Crippen LogP contribution in [0.4, 0.5) is 20.6 Å². The van der Waals surface area contributed by atoms with Gasteiger partial charge in [0.1, 0.15) is 17.6 Å². The van der Waals surface area contributed by atoms with Crippen LogP contribution in [0, 0.1) is 5.82 Å². The van der Waals surface area contributed by atoms with Crippen molar-refractivity contribution in [1.29, 1.82) is 0 Å². The van der Waals surface area contributed by atoms with E-state index >= 15 is 0 Å². The van der Waals surface area contributed by atoms with Gasteiger partial charge in [-0.1, -0.05) is 5.21 Å². The summed E-state index contributed by atoms with van der Waals surface area (Å²) in [4.78, 5) is 26.5. The van der Waals surface area contributed by atoms with Crippen LogP contribution >= 0.6 is 0 Å². The molecule has 2 aliphatic rings. The van der Waals surface area contributed by atoms with Gasteiger partial charge in [-0.15, -0.1) is 5.10 Å². The lowest BCUT2D eigenvalue weighted by Gasteiger charge is -2.33. The molecule has 1 aromatic heterocycles. The molecule has 0 saturated carbocycles. The first-order chi connectivity index (χ1) is 14.9. The molecule has 3 heterocycles. The van der Waals surface area contributed by atoms with E-state index in [2.05, 4.69) is 15.6 Å². The monoisotopic (exact) mass is 432 g/mol. The number of halogens is 1. The molecule has 0 radical (unpaired) electrons. The van der Waals surface area contributed by atoms with Crippen molar-refractivity contribution >= 4 is 23.4 Å². The second-order valence-electron chi connectivity index (χ2n) is 7.76. The molecule has 10 nitrogen and oxygen atoms in total. The predicted molar refractivity (Wildman–Crippen MR) is 109 cm³/mol. The van der Waals surface area contributed by atoms with Crippen LogP contribution < -0.4 is 15.1 Å². The highest BCUT2D eigenvalue weighted by atomic mass is 19.1. The molecule has 11 heteroatoms. The second kappa shape index (κ2) is 8.88. The van der Waals surface area contributed by atoms with Crippen molar-refractivity contribution in [2.45, 2.75) is 38.5 Å². The number of piperidine rings is 1. The van der Waals surface area contributed by atoms with E-state index in [1.807, 2.05) is 4.90 Å². The van der Waals surface area contributed by atoms with E-state index < -0.39 is 18.0 Å². The maximum Gasteiger partial charge on any atom is 0.414 e. The van der Waals surface area contributed by atoms with Crippen LogP contribution in [0.2, 0.25) is 0 Å². The maximum absolute atomic E-state index is 14.9. The molecule has 2 fully saturated rings. The van der Waals surface area contributed by atoms with Crippen molar-refractivity contribution in [3.8, 4) is 0 Å². The first kappa shape index (κ1) is 21.0. The highest BCUT2D eigenvalue weighted by Crippen LogP contribution is 2.31. The van der Waals surface area contributed by atoms with Gasteiger partial charge in [-0.2, -0.15) is 0 Å². The van der Waals surface area contributed by atoms with Gasteiger partial charge < -0.3 is 20.1 Å². The first-order valence-electron chi connectivity index (χ1n) is 10.2. The van der Waals surface area contributed by atoms with Crippen LogP contribution in [0.3, 0.4) is 0 Å². The number of carbonyl (C=O) groups is 2. The normalized spacial score (nSPS) is 19.6. The van der Waals surface area contributed by atoms with Crippen molar-refractivity contribution in [3.05, 3.63) is 35.9 Å². The summed E-state index contributed by atoms with van der Waals surface area (Å²) in [6, 6.07) is 4.89. The Morgan fingerprint density at radius 2 is 2.13 bits per heavy atom. The number of rotatable bonds is 6. The zero-order valence-electron chi connectivity index (χ0n) is 17.2. The number of cyclic esters (lactones) is 1. The molecule has 4 rings (SSSR count). The van der Waals surface area contributed by atoms with Crippen molar-refractivity contribution in [2.75, 3.05) is 36.0 Å². The topological polar surface area (TPSA) is 113 Å². The van der Waals surface area contributed by atoms with E-state index in [4.69, 9.17) is 9.84 Å². The Labute approximate surface area is 178 Å². The smallest absolute Gasteiger partial charge is 0.414 e. The number of carbonyl (C=O) groups excluding carboxylic acids is 2. The highest BCUT2D eigenvalue weighted by molar-refractivity contribution is 5.90. The molecular formula is C20H25FN6O4. The third kappa shape index (κ3) is 4.61. The van der Waals surface area contributed by atoms with Crippen LogP contribution in [0.15, 0.2) is 24.4 Å². The fourth-order valence-electron chi connectivity index (χ4n) is 3.95. The van der Waals surface area contributed by atoms with Crippen molar-refractivity contribution in [3.63, 3.8) is 0 Å². The number of aromatic nitrogens is 3. The number of nitrogens with zero attached hydrogens (tertiary/aromatic N) is 5. The molecule has 0 aliphatic carbocycles. The Balaban J connectivity index is 1.38. The molecule has 0 bridgehead atoms. The summed E-state index contributed by atoms with van der Waals surface area (Å²) in [5.41, 5.74) is 1.44. The summed E-state index contributed by atoms with van der Waals surface area (Å²) in [6.45, 7) is 3.02. The number of nitrogens with one attached hydrogen (secondary N) is 1.